The monoisotopic (exact) mass is 324 g/mol. The smallest absolute Gasteiger partial charge is 0.374 e. The molecule has 3 rings (SSSR count). The third kappa shape index (κ3) is 3.93. The van der Waals surface area contributed by atoms with Crippen molar-refractivity contribution in [2.75, 3.05) is 0 Å². The van der Waals surface area contributed by atoms with Crippen LogP contribution in [0.25, 0.3) is 0 Å². The number of rotatable bonds is 6. The molecule has 5 nitrogen and oxygen atoms in total. The highest BCUT2D eigenvalue weighted by atomic mass is 16.5. The molecule has 24 heavy (non-hydrogen) atoms. The molecule has 0 spiro atoms. The Balaban J connectivity index is 1.56. The third-order valence-corrected chi connectivity index (χ3v) is 3.76. The van der Waals surface area contributed by atoms with Crippen molar-refractivity contribution in [1.29, 1.82) is 0 Å². The SMILES string of the molecule is CC(C)c1ccc(COC(=O)c2ccc(Cn3cccn3)o2)cc1. The van der Waals surface area contributed by atoms with Gasteiger partial charge in [0.2, 0.25) is 5.76 Å². The van der Waals surface area contributed by atoms with E-state index in [0.29, 0.717) is 18.2 Å². The highest BCUT2D eigenvalue weighted by Gasteiger charge is 2.13. The molecule has 0 aliphatic carbocycles. The minimum atomic E-state index is -0.463. The summed E-state index contributed by atoms with van der Waals surface area (Å²) in [6.07, 6.45) is 3.53. The van der Waals surface area contributed by atoms with E-state index in [0.717, 1.165) is 5.56 Å². The van der Waals surface area contributed by atoms with Crippen molar-refractivity contribution in [1.82, 2.24) is 9.78 Å². The zero-order chi connectivity index (χ0) is 16.9. The highest BCUT2D eigenvalue weighted by molar-refractivity contribution is 5.86. The topological polar surface area (TPSA) is 57.3 Å². The van der Waals surface area contributed by atoms with Crippen LogP contribution in [0.5, 0.6) is 0 Å². The van der Waals surface area contributed by atoms with Crippen LogP contribution in [0.4, 0.5) is 0 Å². The van der Waals surface area contributed by atoms with Gasteiger partial charge in [-0.1, -0.05) is 38.1 Å². The Bertz CT molecular complexity index is 786. The van der Waals surface area contributed by atoms with Crippen LogP contribution in [-0.2, 0) is 17.9 Å². The molecule has 0 radical (unpaired) electrons. The van der Waals surface area contributed by atoms with E-state index in [2.05, 4.69) is 31.1 Å². The Labute approximate surface area is 140 Å². The van der Waals surface area contributed by atoms with Gasteiger partial charge >= 0.3 is 5.97 Å². The van der Waals surface area contributed by atoms with Crippen molar-refractivity contribution >= 4 is 5.97 Å². The Morgan fingerprint density at radius 1 is 1.21 bits per heavy atom. The molecule has 0 fully saturated rings. The van der Waals surface area contributed by atoms with Gasteiger partial charge in [0.15, 0.2) is 0 Å². The van der Waals surface area contributed by atoms with Gasteiger partial charge in [-0.05, 0) is 35.2 Å². The Kier molecular flexibility index (Phi) is 4.79. The third-order valence-electron chi connectivity index (χ3n) is 3.76. The molecule has 0 amide bonds. The lowest BCUT2D eigenvalue weighted by Crippen LogP contribution is -2.04. The summed E-state index contributed by atoms with van der Waals surface area (Å²) in [6.45, 7) is 5.00. The summed E-state index contributed by atoms with van der Waals surface area (Å²) in [4.78, 5) is 12.1. The first-order valence-corrected chi connectivity index (χ1v) is 7.94. The molecule has 124 valence electrons. The van der Waals surface area contributed by atoms with Gasteiger partial charge in [-0.15, -0.1) is 0 Å². The van der Waals surface area contributed by atoms with Gasteiger partial charge in [0.05, 0.1) is 6.54 Å². The molecular formula is C19H20N2O3. The molecule has 0 saturated heterocycles. The van der Waals surface area contributed by atoms with Crippen LogP contribution in [-0.4, -0.2) is 15.7 Å². The number of furan rings is 1. The molecule has 2 heterocycles. The van der Waals surface area contributed by atoms with Gasteiger partial charge in [-0.25, -0.2) is 4.79 Å². The van der Waals surface area contributed by atoms with Crippen LogP contribution in [0, 0.1) is 0 Å². The average Bonchev–Trinajstić information content (AvgIpc) is 3.25. The maximum Gasteiger partial charge on any atom is 0.374 e. The van der Waals surface area contributed by atoms with Crippen molar-refractivity contribution in [3.05, 3.63) is 77.5 Å². The van der Waals surface area contributed by atoms with E-state index < -0.39 is 5.97 Å². The van der Waals surface area contributed by atoms with Gasteiger partial charge in [0.1, 0.15) is 12.4 Å². The number of hydrogen-bond donors (Lipinski definition) is 0. The highest BCUT2D eigenvalue weighted by Crippen LogP contribution is 2.16. The van der Waals surface area contributed by atoms with Crippen molar-refractivity contribution in [2.45, 2.75) is 32.9 Å². The van der Waals surface area contributed by atoms with Crippen LogP contribution in [0.3, 0.4) is 0 Å². The quantitative estimate of drug-likeness (QED) is 0.643. The summed E-state index contributed by atoms with van der Waals surface area (Å²) in [5.41, 5.74) is 2.22. The fraction of sp³-hybridized carbons (Fsp3) is 0.263. The van der Waals surface area contributed by atoms with E-state index in [-0.39, 0.29) is 12.4 Å². The maximum absolute atomic E-state index is 12.1. The maximum atomic E-state index is 12.1. The summed E-state index contributed by atoms with van der Waals surface area (Å²) < 4.78 is 12.6. The van der Waals surface area contributed by atoms with E-state index >= 15 is 0 Å². The Hall–Kier alpha value is -2.82. The number of nitrogens with zero attached hydrogens (tertiary/aromatic N) is 2. The van der Waals surface area contributed by atoms with Crippen molar-refractivity contribution in [3.8, 4) is 0 Å². The zero-order valence-corrected chi connectivity index (χ0v) is 13.8. The number of benzene rings is 1. The van der Waals surface area contributed by atoms with Gasteiger partial charge in [-0.2, -0.15) is 5.10 Å². The van der Waals surface area contributed by atoms with E-state index in [9.17, 15) is 4.79 Å². The molecule has 0 aliphatic rings. The molecule has 0 bridgehead atoms. The summed E-state index contributed by atoms with van der Waals surface area (Å²) >= 11 is 0. The predicted molar refractivity (Wildman–Crippen MR) is 89.7 cm³/mol. The molecule has 1 aromatic carbocycles. The molecule has 0 aliphatic heterocycles. The summed E-state index contributed by atoms with van der Waals surface area (Å²) in [6, 6.07) is 13.3. The molecule has 3 aromatic rings. The molecule has 5 heteroatoms. The lowest BCUT2D eigenvalue weighted by molar-refractivity contribution is 0.0434. The van der Waals surface area contributed by atoms with Crippen LogP contribution < -0.4 is 0 Å². The average molecular weight is 324 g/mol. The number of carbonyl (C=O) groups excluding carboxylic acids is 1. The molecule has 2 aromatic heterocycles. The largest absolute Gasteiger partial charge is 0.455 e. The minimum absolute atomic E-state index is 0.205. The van der Waals surface area contributed by atoms with Crippen LogP contribution >= 0.6 is 0 Å². The second-order valence-electron chi connectivity index (χ2n) is 5.94. The van der Waals surface area contributed by atoms with Gasteiger partial charge in [0.25, 0.3) is 0 Å². The minimum Gasteiger partial charge on any atom is -0.455 e. The van der Waals surface area contributed by atoms with E-state index in [1.807, 2.05) is 24.4 Å². The Morgan fingerprint density at radius 3 is 2.67 bits per heavy atom. The lowest BCUT2D eigenvalue weighted by Gasteiger charge is -2.07. The first-order valence-electron chi connectivity index (χ1n) is 7.94. The summed E-state index contributed by atoms with van der Waals surface area (Å²) in [7, 11) is 0. The van der Waals surface area contributed by atoms with E-state index in [4.69, 9.17) is 9.15 Å². The van der Waals surface area contributed by atoms with E-state index in [1.54, 1.807) is 23.0 Å². The van der Waals surface area contributed by atoms with Gasteiger partial charge in [-0.3, -0.25) is 4.68 Å². The van der Waals surface area contributed by atoms with Crippen molar-refractivity contribution in [2.24, 2.45) is 0 Å². The van der Waals surface area contributed by atoms with Crippen LogP contribution in [0.1, 0.15) is 47.2 Å². The first-order chi connectivity index (χ1) is 11.6. The zero-order valence-electron chi connectivity index (χ0n) is 13.8. The van der Waals surface area contributed by atoms with Crippen LogP contribution in [0.2, 0.25) is 0 Å². The molecule has 0 N–H and O–H groups in total. The molecular weight excluding hydrogens is 304 g/mol. The number of esters is 1. The number of hydrogen-bond acceptors (Lipinski definition) is 4. The fourth-order valence-corrected chi connectivity index (χ4v) is 2.35. The Morgan fingerprint density at radius 2 is 2.00 bits per heavy atom. The van der Waals surface area contributed by atoms with Crippen LogP contribution in [0.15, 0.2) is 59.3 Å². The summed E-state index contributed by atoms with van der Waals surface area (Å²) in [5, 5.41) is 4.10. The number of carbonyl (C=O) groups is 1. The van der Waals surface area contributed by atoms with Crippen molar-refractivity contribution in [3.63, 3.8) is 0 Å². The normalized spacial score (nSPS) is 11.0. The summed E-state index contributed by atoms with van der Waals surface area (Å²) in [5.74, 6) is 0.885. The lowest BCUT2D eigenvalue weighted by atomic mass is 10.0. The van der Waals surface area contributed by atoms with Crippen molar-refractivity contribution < 1.29 is 13.9 Å². The van der Waals surface area contributed by atoms with Gasteiger partial charge < -0.3 is 9.15 Å². The van der Waals surface area contributed by atoms with Gasteiger partial charge in [0, 0.05) is 12.4 Å². The number of ether oxygens (including phenoxy) is 1. The van der Waals surface area contributed by atoms with E-state index in [1.165, 1.54) is 5.56 Å². The first kappa shape index (κ1) is 16.1. The number of aromatic nitrogens is 2. The second-order valence-corrected chi connectivity index (χ2v) is 5.94. The second kappa shape index (κ2) is 7.17. The molecule has 0 saturated carbocycles. The molecule has 0 atom stereocenters. The molecule has 0 unspecified atom stereocenters. The standard InChI is InChI=1S/C19H20N2O3/c1-14(2)16-6-4-15(5-7-16)13-23-19(22)18-9-8-17(24-18)12-21-11-3-10-20-21/h3-11,14H,12-13H2,1-2H3. The fourth-order valence-electron chi connectivity index (χ4n) is 2.35. The predicted octanol–water partition coefficient (Wildman–Crippen LogP) is 4.00.